The molecule has 3 aromatic rings. The minimum absolute atomic E-state index is 0.120. The molecule has 1 heterocycles. The highest BCUT2D eigenvalue weighted by Gasteiger charge is 2.41. The Morgan fingerprint density at radius 2 is 1.71 bits per heavy atom. The van der Waals surface area contributed by atoms with E-state index in [9.17, 15) is 0 Å². The summed E-state index contributed by atoms with van der Waals surface area (Å²) in [6, 6.07) is 16.0. The molecule has 0 radical (unpaired) electrons. The molecule has 28 heavy (non-hydrogen) atoms. The Morgan fingerprint density at radius 1 is 1.00 bits per heavy atom. The average molecular weight is 383 g/mol. The van der Waals surface area contributed by atoms with Gasteiger partial charge < -0.3 is 14.2 Å². The average Bonchev–Trinajstić information content (AvgIpc) is 3.17. The Morgan fingerprint density at radius 3 is 2.43 bits per heavy atom. The Kier molecular flexibility index (Phi) is 6.70. The topological polar surface area (TPSA) is 45.5 Å². The molecule has 0 fully saturated rings. The van der Waals surface area contributed by atoms with Crippen LogP contribution in [0.15, 0.2) is 54.9 Å². The smallest absolute Gasteiger partial charge is 0.329 e. The highest BCUT2D eigenvalue weighted by Crippen LogP contribution is 2.36. The molecule has 0 aliphatic carbocycles. The molecule has 0 amide bonds. The van der Waals surface area contributed by atoms with Crippen molar-refractivity contribution in [3.8, 4) is 11.4 Å². The van der Waals surface area contributed by atoms with E-state index in [0.29, 0.717) is 5.75 Å². The maximum atomic E-state index is 6.46. The molecule has 0 aliphatic heterocycles. The van der Waals surface area contributed by atoms with Crippen molar-refractivity contribution in [2.45, 2.75) is 45.5 Å². The lowest BCUT2D eigenvalue weighted by atomic mass is 9.96. The lowest BCUT2D eigenvalue weighted by Gasteiger charge is -2.37. The molecule has 1 atom stereocenters. The van der Waals surface area contributed by atoms with Crippen molar-refractivity contribution in [3.63, 3.8) is 0 Å². The van der Waals surface area contributed by atoms with E-state index in [2.05, 4.69) is 24.9 Å². The number of rotatable bonds is 10. The summed E-state index contributed by atoms with van der Waals surface area (Å²) < 4.78 is 20.2. The van der Waals surface area contributed by atoms with E-state index < -0.39 is 5.97 Å². The quantitative estimate of drug-likeness (QED) is 0.430. The summed E-state index contributed by atoms with van der Waals surface area (Å²) in [6.45, 7) is 4.33. The molecule has 0 saturated heterocycles. The first-order chi connectivity index (χ1) is 13.7. The van der Waals surface area contributed by atoms with E-state index in [-0.39, 0.29) is 5.92 Å². The summed E-state index contributed by atoms with van der Waals surface area (Å²) >= 11 is 0. The Bertz CT molecular complexity index is 886. The van der Waals surface area contributed by atoms with E-state index in [1.54, 1.807) is 14.2 Å². The standard InChI is InChI=1S/C23H30N2O3/c1-5-7-12-18(6-2)23(26-3,27-4)28-22-16-11-10-15-21(22)25-17-24-19-13-8-9-14-20(19)25/h8-11,13-18H,5-7,12H2,1-4H3. The van der Waals surface area contributed by atoms with Crippen molar-refractivity contribution in [1.29, 1.82) is 0 Å². The first-order valence-corrected chi connectivity index (χ1v) is 9.99. The van der Waals surface area contributed by atoms with Crippen LogP contribution in [0.25, 0.3) is 16.7 Å². The van der Waals surface area contributed by atoms with Crippen LogP contribution in [0.4, 0.5) is 0 Å². The van der Waals surface area contributed by atoms with Crippen LogP contribution < -0.4 is 4.74 Å². The van der Waals surface area contributed by atoms with Gasteiger partial charge in [-0.15, -0.1) is 0 Å². The molecule has 3 rings (SSSR count). The summed E-state index contributed by atoms with van der Waals surface area (Å²) in [5.41, 5.74) is 2.87. The van der Waals surface area contributed by atoms with Gasteiger partial charge in [-0.25, -0.2) is 4.98 Å². The number of methoxy groups -OCH3 is 2. The number of benzene rings is 2. The third-order valence-electron chi connectivity index (χ3n) is 5.30. The van der Waals surface area contributed by atoms with Crippen molar-refractivity contribution in [2.24, 2.45) is 5.92 Å². The largest absolute Gasteiger partial charge is 0.437 e. The molecule has 150 valence electrons. The number of fused-ring (bicyclic) bond motifs is 1. The van der Waals surface area contributed by atoms with E-state index in [4.69, 9.17) is 14.2 Å². The monoisotopic (exact) mass is 382 g/mol. The zero-order chi connectivity index (χ0) is 20.0. The predicted octanol–water partition coefficient (Wildman–Crippen LogP) is 5.57. The fraction of sp³-hybridized carbons (Fsp3) is 0.435. The van der Waals surface area contributed by atoms with Crippen LogP contribution in [0.2, 0.25) is 0 Å². The molecule has 0 aliphatic rings. The number of hydrogen-bond acceptors (Lipinski definition) is 4. The number of aromatic nitrogens is 2. The maximum Gasteiger partial charge on any atom is 0.329 e. The number of nitrogens with zero attached hydrogens (tertiary/aromatic N) is 2. The number of ether oxygens (including phenoxy) is 3. The van der Waals surface area contributed by atoms with Crippen molar-refractivity contribution in [3.05, 3.63) is 54.9 Å². The summed E-state index contributed by atoms with van der Waals surface area (Å²) in [7, 11) is 3.29. The van der Waals surface area contributed by atoms with Crippen LogP contribution in [0.5, 0.6) is 5.75 Å². The summed E-state index contributed by atoms with van der Waals surface area (Å²) in [4.78, 5) is 4.51. The van der Waals surface area contributed by atoms with Gasteiger partial charge in [-0.1, -0.05) is 51.0 Å². The molecule has 0 N–H and O–H groups in total. The van der Waals surface area contributed by atoms with Crippen LogP contribution >= 0.6 is 0 Å². The minimum Gasteiger partial charge on any atom is -0.437 e. The van der Waals surface area contributed by atoms with Gasteiger partial charge in [0, 0.05) is 14.2 Å². The van der Waals surface area contributed by atoms with Gasteiger partial charge in [-0.05, 0) is 37.1 Å². The van der Waals surface area contributed by atoms with Crippen LogP contribution in [-0.4, -0.2) is 29.7 Å². The van der Waals surface area contributed by atoms with Gasteiger partial charge in [0.2, 0.25) is 0 Å². The van der Waals surface area contributed by atoms with Gasteiger partial charge in [-0.3, -0.25) is 4.57 Å². The van der Waals surface area contributed by atoms with E-state index in [0.717, 1.165) is 42.4 Å². The molecule has 1 unspecified atom stereocenters. The minimum atomic E-state index is -1.13. The van der Waals surface area contributed by atoms with Crippen molar-refractivity contribution < 1.29 is 14.2 Å². The van der Waals surface area contributed by atoms with E-state index in [1.807, 2.05) is 53.4 Å². The predicted molar refractivity (Wildman–Crippen MR) is 112 cm³/mol. The Hall–Kier alpha value is -2.37. The van der Waals surface area contributed by atoms with Gasteiger partial charge in [-0.2, -0.15) is 0 Å². The van der Waals surface area contributed by atoms with Crippen LogP contribution in [0.1, 0.15) is 39.5 Å². The zero-order valence-corrected chi connectivity index (χ0v) is 17.2. The number of hydrogen-bond donors (Lipinski definition) is 0. The van der Waals surface area contributed by atoms with Gasteiger partial charge in [0.15, 0.2) is 0 Å². The van der Waals surface area contributed by atoms with Crippen molar-refractivity contribution in [2.75, 3.05) is 14.2 Å². The molecule has 0 bridgehead atoms. The SMILES string of the molecule is CCCCC(CC)C(OC)(OC)Oc1ccccc1-n1cnc2ccccc21. The lowest BCUT2D eigenvalue weighted by Crippen LogP contribution is -2.47. The van der Waals surface area contributed by atoms with Crippen LogP contribution in [-0.2, 0) is 9.47 Å². The Labute approximate surface area is 167 Å². The van der Waals surface area contributed by atoms with Gasteiger partial charge in [0.1, 0.15) is 12.1 Å². The lowest BCUT2D eigenvalue weighted by molar-refractivity contribution is -0.351. The third-order valence-corrected chi connectivity index (χ3v) is 5.30. The van der Waals surface area contributed by atoms with Crippen LogP contribution in [0, 0.1) is 5.92 Å². The second kappa shape index (κ2) is 9.22. The zero-order valence-electron chi connectivity index (χ0n) is 17.2. The highest BCUT2D eigenvalue weighted by molar-refractivity contribution is 5.77. The fourth-order valence-corrected chi connectivity index (χ4v) is 3.71. The van der Waals surface area contributed by atoms with Gasteiger partial charge in [0.25, 0.3) is 0 Å². The first kappa shape index (κ1) is 20.4. The molecule has 5 nitrogen and oxygen atoms in total. The number of para-hydroxylation sites is 4. The molecule has 2 aromatic carbocycles. The fourth-order valence-electron chi connectivity index (χ4n) is 3.71. The summed E-state index contributed by atoms with van der Waals surface area (Å²) in [5, 5.41) is 0. The normalized spacial score (nSPS) is 13.0. The summed E-state index contributed by atoms with van der Waals surface area (Å²) in [6.07, 6.45) is 5.92. The number of unbranched alkanes of at least 4 members (excludes halogenated alkanes) is 1. The second-order valence-corrected chi connectivity index (χ2v) is 6.93. The van der Waals surface area contributed by atoms with Crippen molar-refractivity contribution >= 4 is 11.0 Å². The van der Waals surface area contributed by atoms with Gasteiger partial charge in [0.05, 0.1) is 22.6 Å². The number of imidazole rings is 1. The molecule has 0 saturated carbocycles. The molecular formula is C23H30N2O3. The summed E-state index contributed by atoms with van der Waals surface area (Å²) in [5.74, 6) is -0.310. The van der Waals surface area contributed by atoms with E-state index >= 15 is 0 Å². The van der Waals surface area contributed by atoms with Crippen LogP contribution in [0.3, 0.4) is 0 Å². The van der Waals surface area contributed by atoms with Gasteiger partial charge >= 0.3 is 5.97 Å². The molecular weight excluding hydrogens is 352 g/mol. The molecule has 5 heteroatoms. The maximum absolute atomic E-state index is 6.46. The highest BCUT2D eigenvalue weighted by atomic mass is 16.9. The second-order valence-electron chi connectivity index (χ2n) is 6.93. The Balaban J connectivity index is 2.01. The third kappa shape index (κ3) is 3.91. The first-order valence-electron chi connectivity index (χ1n) is 9.99. The molecule has 1 aromatic heterocycles. The molecule has 0 spiro atoms. The van der Waals surface area contributed by atoms with E-state index in [1.165, 1.54) is 0 Å². The van der Waals surface area contributed by atoms with Crippen molar-refractivity contribution in [1.82, 2.24) is 9.55 Å².